The third-order valence-corrected chi connectivity index (χ3v) is 3.92. The van der Waals surface area contributed by atoms with Gasteiger partial charge in [-0.2, -0.15) is 0 Å². The van der Waals surface area contributed by atoms with E-state index in [1.807, 2.05) is 6.07 Å². The fourth-order valence-electron chi connectivity index (χ4n) is 2.86. The largest absolute Gasteiger partial charge is 0.341 e. The van der Waals surface area contributed by atoms with Gasteiger partial charge in [0.25, 0.3) is 0 Å². The van der Waals surface area contributed by atoms with Gasteiger partial charge in [-0.3, -0.25) is 0 Å². The van der Waals surface area contributed by atoms with E-state index < -0.39 is 0 Å². The van der Waals surface area contributed by atoms with E-state index in [4.69, 9.17) is 5.73 Å². The molecule has 0 aliphatic carbocycles. The Balaban J connectivity index is 2.02. The Bertz CT molecular complexity index is 637. The van der Waals surface area contributed by atoms with Gasteiger partial charge in [0.2, 0.25) is 0 Å². The summed E-state index contributed by atoms with van der Waals surface area (Å²) in [4.78, 5) is 2.20. The highest BCUT2D eigenvalue weighted by Gasteiger charge is 2.19. The zero-order chi connectivity index (χ0) is 14.1. The minimum absolute atomic E-state index is 0.218. The van der Waals surface area contributed by atoms with Crippen molar-refractivity contribution in [1.29, 1.82) is 0 Å². The van der Waals surface area contributed by atoms with Gasteiger partial charge in [-0.05, 0) is 43.5 Å². The maximum atomic E-state index is 13.9. The van der Waals surface area contributed by atoms with Crippen molar-refractivity contribution in [2.45, 2.75) is 26.3 Å². The Morgan fingerprint density at radius 3 is 2.80 bits per heavy atom. The molecule has 1 aliphatic rings. The van der Waals surface area contributed by atoms with Crippen LogP contribution >= 0.6 is 0 Å². The smallest absolute Gasteiger partial charge is 0.129 e. The van der Waals surface area contributed by atoms with E-state index in [0.717, 1.165) is 25.1 Å². The van der Waals surface area contributed by atoms with Crippen molar-refractivity contribution in [2.24, 2.45) is 5.73 Å². The van der Waals surface area contributed by atoms with Crippen LogP contribution in [0.2, 0.25) is 0 Å². The summed E-state index contributed by atoms with van der Waals surface area (Å²) in [6.45, 7) is 3.27. The zero-order valence-electron chi connectivity index (χ0n) is 11.7. The molecule has 0 saturated heterocycles. The average Bonchev–Trinajstić information content (AvgIpc) is 2.46. The molecule has 1 aliphatic heterocycles. The quantitative estimate of drug-likeness (QED) is 0.902. The molecule has 0 atom stereocenters. The van der Waals surface area contributed by atoms with Gasteiger partial charge in [0.05, 0.1) is 0 Å². The van der Waals surface area contributed by atoms with E-state index in [2.05, 4.69) is 30.0 Å². The highest BCUT2D eigenvalue weighted by Crippen LogP contribution is 2.34. The van der Waals surface area contributed by atoms with Crippen molar-refractivity contribution in [3.63, 3.8) is 0 Å². The number of nitrogens with zero attached hydrogens (tertiary/aromatic N) is 1. The molecule has 2 nitrogen and oxygen atoms in total. The van der Waals surface area contributed by atoms with Crippen LogP contribution in [-0.4, -0.2) is 6.54 Å². The van der Waals surface area contributed by atoms with Gasteiger partial charge < -0.3 is 10.6 Å². The summed E-state index contributed by atoms with van der Waals surface area (Å²) < 4.78 is 13.9. The molecule has 0 unspecified atom stereocenters. The summed E-state index contributed by atoms with van der Waals surface area (Å²) >= 11 is 0. The second-order valence-corrected chi connectivity index (χ2v) is 5.37. The molecular formula is C17H19FN2. The van der Waals surface area contributed by atoms with E-state index in [0.29, 0.717) is 5.56 Å². The number of halogens is 1. The normalized spacial score (nSPS) is 14.2. The molecule has 0 spiro atoms. The molecule has 0 fully saturated rings. The molecule has 2 aromatic carbocycles. The van der Waals surface area contributed by atoms with Crippen LogP contribution in [0.4, 0.5) is 15.8 Å². The van der Waals surface area contributed by atoms with Gasteiger partial charge in [-0.15, -0.1) is 0 Å². The van der Waals surface area contributed by atoms with Gasteiger partial charge in [-0.1, -0.05) is 23.8 Å². The van der Waals surface area contributed by atoms with Gasteiger partial charge in [0.15, 0.2) is 0 Å². The monoisotopic (exact) mass is 270 g/mol. The van der Waals surface area contributed by atoms with Crippen LogP contribution in [0, 0.1) is 12.7 Å². The molecule has 3 rings (SSSR count). The Morgan fingerprint density at radius 2 is 2.05 bits per heavy atom. The first-order valence-electron chi connectivity index (χ1n) is 7.04. The average molecular weight is 270 g/mol. The summed E-state index contributed by atoms with van der Waals surface area (Å²) in [5.74, 6) is -0.218. The lowest BCUT2D eigenvalue weighted by atomic mass is 9.99. The molecule has 0 saturated carbocycles. The first-order chi connectivity index (χ1) is 9.69. The Labute approximate surface area is 119 Å². The molecule has 0 bridgehead atoms. The Morgan fingerprint density at radius 1 is 1.20 bits per heavy atom. The van der Waals surface area contributed by atoms with E-state index >= 15 is 0 Å². The molecule has 2 N–H and O–H groups in total. The number of anilines is 2. The number of nitrogens with two attached hydrogens (primary N) is 1. The van der Waals surface area contributed by atoms with Crippen molar-refractivity contribution in [1.82, 2.24) is 0 Å². The summed E-state index contributed by atoms with van der Waals surface area (Å²) in [5.41, 5.74) is 10.8. The first-order valence-corrected chi connectivity index (χ1v) is 7.04. The summed E-state index contributed by atoms with van der Waals surface area (Å²) in [5, 5.41) is 0. The lowest BCUT2D eigenvalue weighted by molar-refractivity contribution is 0.610. The minimum atomic E-state index is -0.218. The van der Waals surface area contributed by atoms with Crippen molar-refractivity contribution in [3.05, 3.63) is 58.9 Å². The fraction of sp³-hybridized carbons (Fsp3) is 0.294. The molecule has 104 valence electrons. The molecule has 0 radical (unpaired) electrons. The van der Waals surface area contributed by atoms with Gasteiger partial charge in [-0.25, -0.2) is 4.39 Å². The first kappa shape index (κ1) is 13.1. The number of rotatable bonds is 2. The number of hydrogen-bond acceptors (Lipinski definition) is 2. The number of hydrogen-bond donors (Lipinski definition) is 1. The fourth-order valence-corrected chi connectivity index (χ4v) is 2.86. The van der Waals surface area contributed by atoms with Crippen molar-refractivity contribution >= 4 is 11.4 Å². The number of benzene rings is 2. The van der Waals surface area contributed by atoms with Crippen LogP contribution < -0.4 is 10.6 Å². The molecular weight excluding hydrogens is 251 g/mol. The standard InChI is InChI=1S/C17H19FN2/c1-12-4-7-17-13(9-12)3-2-8-20(17)15-6-5-14(11-19)16(18)10-15/h4-7,9-10H,2-3,8,11,19H2,1H3. The highest BCUT2D eigenvalue weighted by atomic mass is 19.1. The third-order valence-electron chi connectivity index (χ3n) is 3.92. The Hall–Kier alpha value is -1.87. The summed E-state index contributed by atoms with van der Waals surface area (Å²) in [7, 11) is 0. The minimum Gasteiger partial charge on any atom is -0.341 e. The van der Waals surface area contributed by atoms with Crippen LogP contribution in [0.5, 0.6) is 0 Å². The maximum absolute atomic E-state index is 13.9. The third kappa shape index (κ3) is 2.29. The van der Waals surface area contributed by atoms with E-state index in [9.17, 15) is 4.39 Å². The second kappa shape index (κ2) is 5.25. The van der Waals surface area contributed by atoms with E-state index in [1.54, 1.807) is 12.1 Å². The maximum Gasteiger partial charge on any atom is 0.129 e. The van der Waals surface area contributed by atoms with E-state index in [-0.39, 0.29) is 12.4 Å². The number of aryl methyl sites for hydroxylation is 2. The van der Waals surface area contributed by atoms with Crippen LogP contribution in [0.25, 0.3) is 0 Å². The van der Waals surface area contributed by atoms with Crippen LogP contribution in [0.15, 0.2) is 36.4 Å². The second-order valence-electron chi connectivity index (χ2n) is 5.37. The molecule has 1 heterocycles. The lowest BCUT2D eigenvalue weighted by Gasteiger charge is -2.31. The lowest BCUT2D eigenvalue weighted by Crippen LogP contribution is -2.24. The SMILES string of the molecule is Cc1ccc2c(c1)CCCN2c1ccc(CN)c(F)c1. The highest BCUT2D eigenvalue weighted by molar-refractivity contribution is 5.68. The van der Waals surface area contributed by atoms with Crippen LogP contribution in [0.1, 0.15) is 23.1 Å². The molecule has 20 heavy (non-hydrogen) atoms. The molecule has 0 aromatic heterocycles. The molecule has 0 amide bonds. The van der Waals surface area contributed by atoms with Crippen molar-refractivity contribution < 1.29 is 4.39 Å². The number of fused-ring (bicyclic) bond motifs is 1. The predicted octanol–water partition coefficient (Wildman–Crippen LogP) is 3.68. The van der Waals surface area contributed by atoms with E-state index in [1.165, 1.54) is 16.8 Å². The van der Waals surface area contributed by atoms with Crippen LogP contribution in [-0.2, 0) is 13.0 Å². The van der Waals surface area contributed by atoms with Gasteiger partial charge >= 0.3 is 0 Å². The molecule has 2 aromatic rings. The zero-order valence-corrected chi connectivity index (χ0v) is 11.7. The Kier molecular flexibility index (Phi) is 3.45. The van der Waals surface area contributed by atoms with Crippen molar-refractivity contribution in [2.75, 3.05) is 11.4 Å². The van der Waals surface area contributed by atoms with Gasteiger partial charge in [0, 0.05) is 30.0 Å². The summed E-state index contributed by atoms with van der Waals surface area (Å²) in [6.07, 6.45) is 2.19. The van der Waals surface area contributed by atoms with Crippen LogP contribution in [0.3, 0.4) is 0 Å². The topological polar surface area (TPSA) is 29.3 Å². The molecule has 3 heteroatoms. The summed E-state index contributed by atoms with van der Waals surface area (Å²) in [6, 6.07) is 11.8. The van der Waals surface area contributed by atoms with Gasteiger partial charge in [0.1, 0.15) is 5.82 Å². The van der Waals surface area contributed by atoms with Crippen molar-refractivity contribution in [3.8, 4) is 0 Å². The predicted molar refractivity (Wildman–Crippen MR) is 80.8 cm³/mol.